The number of benzene rings is 1. The van der Waals surface area contributed by atoms with Gasteiger partial charge in [-0.1, -0.05) is 25.3 Å². The highest BCUT2D eigenvalue weighted by atomic mass is 16.5. The van der Waals surface area contributed by atoms with Crippen LogP contribution < -0.4 is 10.5 Å². The molecule has 1 rings (SSSR count). The van der Waals surface area contributed by atoms with Gasteiger partial charge >= 0.3 is 0 Å². The molecule has 100 valence electrons. The van der Waals surface area contributed by atoms with Crippen molar-refractivity contribution in [2.45, 2.75) is 6.92 Å². The topological polar surface area (TPSA) is 67.8 Å². The largest absolute Gasteiger partial charge is 0.508 e. The number of allylic oxidation sites excluding steroid dienone is 1. The highest BCUT2D eigenvalue weighted by molar-refractivity contribution is 5.87. The van der Waals surface area contributed by atoms with Crippen molar-refractivity contribution in [3.8, 4) is 5.75 Å². The highest BCUT2D eigenvalue weighted by Gasteiger charge is 2.00. The van der Waals surface area contributed by atoms with Crippen LogP contribution in [0.4, 0.5) is 0 Å². The van der Waals surface area contributed by atoms with Gasteiger partial charge in [0.25, 0.3) is 0 Å². The van der Waals surface area contributed by atoms with Crippen molar-refractivity contribution < 1.29 is 9.84 Å². The van der Waals surface area contributed by atoms with Gasteiger partial charge in [-0.25, -0.2) is 0 Å². The maximum absolute atomic E-state index is 9.23. The molecule has 0 saturated carbocycles. The molecule has 0 aliphatic rings. The van der Waals surface area contributed by atoms with Gasteiger partial charge in [0.1, 0.15) is 11.5 Å². The molecular formula is C15H18N2O2. The fourth-order valence-electron chi connectivity index (χ4n) is 1.37. The minimum atomic E-state index is -0.137. The third-order valence-electron chi connectivity index (χ3n) is 2.35. The fraction of sp³-hybridized carbons (Fsp3) is 0.133. The Hall–Kier alpha value is -2.49. The van der Waals surface area contributed by atoms with Gasteiger partial charge in [0.15, 0.2) is 0 Å². The van der Waals surface area contributed by atoms with Gasteiger partial charge < -0.3 is 15.6 Å². The van der Waals surface area contributed by atoms with Gasteiger partial charge in [-0.05, 0) is 19.1 Å². The molecule has 0 amide bonds. The molecule has 1 aromatic rings. The molecule has 0 fully saturated rings. The molecule has 0 unspecified atom stereocenters. The van der Waals surface area contributed by atoms with E-state index in [4.69, 9.17) is 10.5 Å². The maximum atomic E-state index is 9.23. The number of nitrogens with zero attached hydrogens (tertiary/aromatic N) is 1. The summed E-state index contributed by atoms with van der Waals surface area (Å²) in [7, 11) is 0. The Bertz CT molecular complexity index is 531. The normalized spacial score (nSPS) is 11.5. The summed E-state index contributed by atoms with van der Waals surface area (Å²) >= 11 is 0. The molecule has 4 heteroatoms. The van der Waals surface area contributed by atoms with E-state index in [2.05, 4.69) is 18.2 Å². The lowest BCUT2D eigenvalue weighted by atomic mass is 10.1. The second kappa shape index (κ2) is 7.06. The predicted molar refractivity (Wildman–Crippen MR) is 79.2 cm³/mol. The first-order valence-corrected chi connectivity index (χ1v) is 5.84. The van der Waals surface area contributed by atoms with Gasteiger partial charge in [-0.2, -0.15) is 0 Å². The lowest BCUT2D eigenvalue weighted by molar-refractivity contribution is 0.340. The van der Waals surface area contributed by atoms with E-state index in [0.717, 1.165) is 11.3 Å². The van der Waals surface area contributed by atoms with Crippen molar-refractivity contribution in [3.05, 3.63) is 60.5 Å². The molecule has 0 spiro atoms. The Balaban J connectivity index is 2.86. The van der Waals surface area contributed by atoms with Crippen LogP contribution in [-0.4, -0.2) is 17.9 Å². The molecule has 0 aliphatic heterocycles. The van der Waals surface area contributed by atoms with Crippen molar-refractivity contribution >= 4 is 11.9 Å². The molecule has 0 aliphatic carbocycles. The third-order valence-corrected chi connectivity index (χ3v) is 2.35. The zero-order chi connectivity index (χ0) is 14.3. The quantitative estimate of drug-likeness (QED) is 0.468. The Morgan fingerprint density at radius 1 is 1.47 bits per heavy atom. The van der Waals surface area contributed by atoms with Gasteiger partial charge in [0.05, 0.1) is 12.3 Å². The average Bonchev–Trinajstić information content (AvgIpc) is 2.39. The van der Waals surface area contributed by atoms with E-state index in [9.17, 15) is 5.11 Å². The predicted octanol–water partition coefficient (Wildman–Crippen LogP) is 3.04. The zero-order valence-electron chi connectivity index (χ0n) is 11.0. The molecular weight excluding hydrogens is 240 g/mol. The molecule has 3 N–H and O–H groups in total. The van der Waals surface area contributed by atoms with Crippen molar-refractivity contribution in [1.82, 2.24) is 0 Å². The second-order valence-electron chi connectivity index (χ2n) is 3.73. The average molecular weight is 258 g/mol. The Morgan fingerprint density at radius 3 is 2.79 bits per heavy atom. The monoisotopic (exact) mass is 258 g/mol. The summed E-state index contributed by atoms with van der Waals surface area (Å²) in [5.41, 5.74) is 7.07. The molecule has 0 heterocycles. The minimum Gasteiger partial charge on any atom is -0.508 e. The lowest BCUT2D eigenvalue weighted by Gasteiger charge is -2.05. The number of aliphatic hydroxyl groups excluding tert-OH is 1. The number of aliphatic imine (C=N–C) groups is 1. The standard InChI is InChI=1S/C15H18N2O2/c1-4-19-15-7-5-6-13(8-15)11(2)17-10-14(9-16)12(3)18/h5-10,18H,2-4,16H2,1H3/b14-9+,17-10?. The minimum absolute atomic E-state index is 0.137. The SMILES string of the molecule is C=C(O)/C(C=NC(=C)c1cccc(OCC)c1)=C/N. The molecule has 0 atom stereocenters. The van der Waals surface area contributed by atoms with Crippen LogP contribution in [0.5, 0.6) is 5.75 Å². The van der Waals surface area contributed by atoms with Gasteiger partial charge in [0.2, 0.25) is 0 Å². The molecule has 4 nitrogen and oxygen atoms in total. The van der Waals surface area contributed by atoms with Crippen molar-refractivity contribution in [1.29, 1.82) is 0 Å². The van der Waals surface area contributed by atoms with E-state index in [1.54, 1.807) is 0 Å². The first kappa shape index (κ1) is 14.6. The fourth-order valence-corrected chi connectivity index (χ4v) is 1.37. The molecule has 19 heavy (non-hydrogen) atoms. The van der Waals surface area contributed by atoms with Crippen LogP contribution in [0, 0.1) is 0 Å². The lowest BCUT2D eigenvalue weighted by Crippen LogP contribution is -1.94. The summed E-state index contributed by atoms with van der Waals surface area (Å²) in [5, 5.41) is 9.23. The number of hydrogen-bond acceptors (Lipinski definition) is 4. The highest BCUT2D eigenvalue weighted by Crippen LogP contribution is 2.20. The van der Waals surface area contributed by atoms with E-state index in [1.165, 1.54) is 12.4 Å². The zero-order valence-corrected chi connectivity index (χ0v) is 11.0. The summed E-state index contributed by atoms with van der Waals surface area (Å²) in [6.45, 7) is 9.76. The van der Waals surface area contributed by atoms with Crippen molar-refractivity contribution in [2.24, 2.45) is 10.7 Å². The van der Waals surface area contributed by atoms with Gasteiger partial charge in [0, 0.05) is 23.6 Å². The summed E-state index contributed by atoms with van der Waals surface area (Å²) < 4.78 is 5.40. The molecule has 0 saturated heterocycles. The van der Waals surface area contributed by atoms with Crippen LogP contribution >= 0.6 is 0 Å². The molecule has 0 radical (unpaired) electrons. The second-order valence-corrected chi connectivity index (χ2v) is 3.73. The van der Waals surface area contributed by atoms with E-state index in [0.29, 0.717) is 17.9 Å². The first-order valence-electron chi connectivity index (χ1n) is 5.84. The van der Waals surface area contributed by atoms with Crippen LogP contribution in [0.15, 0.2) is 59.9 Å². The van der Waals surface area contributed by atoms with E-state index >= 15 is 0 Å². The number of hydrogen-bond donors (Lipinski definition) is 2. The molecule has 0 bridgehead atoms. The summed E-state index contributed by atoms with van der Waals surface area (Å²) in [4.78, 5) is 4.14. The van der Waals surface area contributed by atoms with E-state index in [-0.39, 0.29) is 5.76 Å². The first-order chi connectivity index (χ1) is 9.08. The third kappa shape index (κ3) is 4.35. The Morgan fingerprint density at radius 2 is 2.21 bits per heavy atom. The molecule has 0 aromatic heterocycles. The van der Waals surface area contributed by atoms with Crippen LogP contribution in [0.25, 0.3) is 5.70 Å². The number of ether oxygens (including phenoxy) is 1. The van der Waals surface area contributed by atoms with Crippen LogP contribution in [0.3, 0.4) is 0 Å². The Kier molecular flexibility index (Phi) is 5.41. The summed E-state index contributed by atoms with van der Waals surface area (Å²) in [6, 6.07) is 7.46. The van der Waals surface area contributed by atoms with Gasteiger partial charge in [-0.15, -0.1) is 0 Å². The van der Waals surface area contributed by atoms with Crippen LogP contribution in [-0.2, 0) is 0 Å². The Labute approximate surface area is 113 Å². The molecule has 1 aromatic carbocycles. The number of rotatable bonds is 6. The van der Waals surface area contributed by atoms with Crippen molar-refractivity contribution in [2.75, 3.05) is 6.61 Å². The van der Waals surface area contributed by atoms with E-state index in [1.807, 2.05) is 31.2 Å². The van der Waals surface area contributed by atoms with Crippen molar-refractivity contribution in [3.63, 3.8) is 0 Å². The van der Waals surface area contributed by atoms with E-state index < -0.39 is 0 Å². The summed E-state index contributed by atoms with van der Waals surface area (Å²) in [5.74, 6) is 0.625. The summed E-state index contributed by atoms with van der Waals surface area (Å²) in [6.07, 6.45) is 2.65. The number of nitrogens with two attached hydrogens (primary N) is 1. The smallest absolute Gasteiger partial charge is 0.119 e. The van der Waals surface area contributed by atoms with Crippen LogP contribution in [0.1, 0.15) is 12.5 Å². The number of aliphatic hydroxyl groups is 1. The maximum Gasteiger partial charge on any atom is 0.119 e. The van der Waals surface area contributed by atoms with Crippen LogP contribution in [0.2, 0.25) is 0 Å². The van der Waals surface area contributed by atoms with Gasteiger partial charge in [-0.3, -0.25) is 4.99 Å².